The van der Waals surface area contributed by atoms with Gasteiger partial charge in [-0.15, -0.1) is 0 Å². The highest BCUT2D eigenvalue weighted by Gasteiger charge is 2.36. The van der Waals surface area contributed by atoms with Crippen LogP contribution in [0.3, 0.4) is 0 Å². The number of aromatic nitrogens is 2. The van der Waals surface area contributed by atoms with Crippen molar-refractivity contribution in [2.24, 2.45) is 0 Å². The Morgan fingerprint density at radius 2 is 2.21 bits per heavy atom. The van der Waals surface area contributed by atoms with E-state index in [-0.39, 0.29) is 0 Å². The van der Waals surface area contributed by atoms with Crippen molar-refractivity contribution in [1.82, 2.24) is 15.5 Å². The first-order valence-corrected chi connectivity index (χ1v) is 5.01. The van der Waals surface area contributed by atoms with Gasteiger partial charge in [0.25, 0.3) is 5.89 Å². The van der Waals surface area contributed by atoms with E-state index >= 15 is 0 Å². The normalized spacial score (nSPS) is 21.0. The van der Waals surface area contributed by atoms with Crippen LogP contribution in [0.25, 0.3) is 0 Å². The molecule has 5 heteroatoms. The summed E-state index contributed by atoms with van der Waals surface area (Å²) in [5.74, 6) is 1.03. The molecule has 0 amide bonds. The van der Waals surface area contributed by atoms with E-state index in [1.54, 1.807) is 0 Å². The van der Waals surface area contributed by atoms with E-state index in [0.29, 0.717) is 24.6 Å². The van der Waals surface area contributed by atoms with Crippen LogP contribution in [0.15, 0.2) is 4.52 Å². The molecule has 0 bridgehead atoms. The summed E-state index contributed by atoms with van der Waals surface area (Å²) in [6.07, 6.45) is 2.01. The first kappa shape index (κ1) is 9.61. The molecule has 2 rings (SSSR count). The molecule has 14 heavy (non-hydrogen) atoms. The number of nitrogens with one attached hydrogen (secondary N) is 1. The Balaban J connectivity index is 2.19. The highest BCUT2D eigenvalue weighted by molar-refractivity contribution is 5.01. The molecule has 0 aromatic carbocycles. The van der Waals surface area contributed by atoms with Crippen LogP contribution in [-0.2, 0) is 12.0 Å². The van der Waals surface area contributed by atoms with Crippen molar-refractivity contribution in [1.29, 1.82) is 0 Å². The van der Waals surface area contributed by atoms with E-state index in [0.717, 1.165) is 19.5 Å². The van der Waals surface area contributed by atoms with Crippen LogP contribution < -0.4 is 5.32 Å². The lowest BCUT2D eigenvalue weighted by Crippen LogP contribution is -2.39. The van der Waals surface area contributed by atoms with Gasteiger partial charge in [0.1, 0.15) is 5.60 Å². The second-order valence-corrected chi connectivity index (χ2v) is 3.65. The molecule has 0 unspecified atom stereocenters. The van der Waals surface area contributed by atoms with Crippen molar-refractivity contribution in [3.8, 4) is 0 Å². The number of aliphatic hydroxyl groups is 1. The van der Waals surface area contributed by atoms with Gasteiger partial charge in [-0.25, -0.2) is 0 Å². The summed E-state index contributed by atoms with van der Waals surface area (Å²) in [5.41, 5.74) is -0.911. The summed E-state index contributed by atoms with van der Waals surface area (Å²) < 4.78 is 5.06. The highest BCUT2D eigenvalue weighted by Crippen LogP contribution is 2.28. The average Bonchev–Trinajstić information content (AvgIpc) is 2.67. The lowest BCUT2D eigenvalue weighted by atomic mass is 9.92. The zero-order chi connectivity index (χ0) is 10.0. The van der Waals surface area contributed by atoms with E-state index in [4.69, 9.17) is 4.52 Å². The maximum absolute atomic E-state index is 10.2. The third kappa shape index (κ3) is 1.65. The highest BCUT2D eigenvalue weighted by atomic mass is 16.5. The van der Waals surface area contributed by atoms with Crippen molar-refractivity contribution in [3.05, 3.63) is 11.7 Å². The zero-order valence-corrected chi connectivity index (χ0v) is 8.29. The van der Waals surface area contributed by atoms with Crippen LogP contribution in [0.1, 0.15) is 31.5 Å². The molecular weight excluding hydrogens is 182 g/mol. The van der Waals surface area contributed by atoms with Crippen molar-refractivity contribution in [2.45, 2.75) is 31.8 Å². The van der Waals surface area contributed by atoms with Gasteiger partial charge in [0.2, 0.25) is 0 Å². The first-order valence-electron chi connectivity index (χ1n) is 5.01. The van der Waals surface area contributed by atoms with Gasteiger partial charge >= 0.3 is 0 Å². The molecule has 1 aromatic heterocycles. The molecule has 1 saturated heterocycles. The number of piperidine rings is 1. The Morgan fingerprint density at radius 1 is 1.50 bits per heavy atom. The number of aryl methyl sites for hydroxylation is 1. The zero-order valence-electron chi connectivity index (χ0n) is 8.29. The SMILES string of the molecule is CCc1noc(C2(O)CCNCC2)n1. The van der Waals surface area contributed by atoms with Gasteiger partial charge in [0.05, 0.1) is 0 Å². The second kappa shape index (κ2) is 3.67. The summed E-state index contributed by atoms with van der Waals surface area (Å²) in [4.78, 5) is 4.17. The first-order chi connectivity index (χ1) is 6.74. The topological polar surface area (TPSA) is 71.2 Å². The summed E-state index contributed by atoms with van der Waals surface area (Å²) >= 11 is 0. The largest absolute Gasteiger partial charge is 0.380 e. The Kier molecular flexibility index (Phi) is 2.52. The second-order valence-electron chi connectivity index (χ2n) is 3.65. The fraction of sp³-hybridized carbons (Fsp3) is 0.778. The number of nitrogens with zero attached hydrogens (tertiary/aromatic N) is 2. The fourth-order valence-electron chi connectivity index (χ4n) is 1.64. The standard InChI is InChI=1S/C9H15N3O2/c1-2-7-11-8(14-12-7)9(13)3-5-10-6-4-9/h10,13H,2-6H2,1H3. The molecule has 1 fully saturated rings. The number of hydrogen-bond donors (Lipinski definition) is 2. The smallest absolute Gasteiger partial charge is 0.258 e. The molecule has 1 aliphatic heterocycles. The van der Waals surface area contributed by atoms with E-state index in [9.17, 15) is 5.11 Å². The quantitative estimate of drug-likeness (QED) is 0.708. The van der Waals surface area contributed by atoms with Crippen LogP contribution in [0.4, 0.5) is 0 Å². The summed E-state index contributed by atoms with van der Waals surface area (Å²) in [7, 11) is 0. The van der Waals surface area contributed by atoms with Crippen molar-refractivity contribution in [3.63, 3.8) is 0 Å². The molecule has 0 aliphatic carbocycles. The molecule has 5 nitrogen and oxygen atoms in total. The minimum absolute atomic E-state index is 0.371. The summed E-state index contributed by atoms with van der Waals surface area (Å²) in [6, 6.07) is 0. The lowest BCUT2D eigenvalue weighted by Gasteiger charge is -2.28. The monoisotopic (exact) mass is 197 g/mol. The molecule has 0 radical (unpaired) electrons. The van der Waals surface area contributed by atoms with Crippen LogP contribution in [-0.4, -0.2) is 28.3 Å². The van der Waals surface area contributed by atoms with Gasteiger partial charge in [-0.2, -0.15) is 4.98 Å². The average molecular weight is 197 g/mol. The molecule has 1 aliphatic rings. The minimum Gasteiger partial charge on any atom is -0.380 e. The molecule has 0 spiro atoms. The molecule has 78 valence electrons. The molecule has 2 heterocycles. The van der Waals surface area contributed by atoms with Gasteiger partial charge in [-0.3, -0.25) is 0 Å². The van der Waals surface area contributed by atoms with Crippen LogP contribution >= 0.6 is 0 Å². The van der Waals surface area contributed by atoms with Crippen molar-refractivity contribution >= 4 is 0 Å². The van der Waals surface area contributed by atoms with Gasteiger partial charge in [-0.1, -0.05) is 12.1 Å². The molecule has 0 atom stereocenters. The third-order valence-corrected chi connectivity index (χ3v) is 2.61. The van der Waals surface area contributed by atoms with Gasteiger partial charge in [-0.05, 0) is 25.9 Å². The molecule has 0 saturated carbocycles. The van der Waals surface area contributed by atoms with Gasteiger partial charge < -0.3 is 14.9 Å². The van der Waals surface area contributed by atoms with E-state index in [2.05, 4.69) is 15.5 Å². The number of hydrogen-bond acceptors (Lipinski definition) is 5. The van der Waals surface area contributed by atoms with Crippen molar-refractivity contribution < 1.29 is 9.63 Å². The van der Waals surface area contributed by atoms with E-state index in [1.807, 2.05) is 6.92 Å². The Morgan fingerprint density at radius 3 is 2.79 bits per heavy atom. The Hall–Kier alpha value is -0.940. The Labute approximate surface area is 82.5 Å². The Bertz CT molecular complexity index is 305. The van der Waals surface area contributed by atoms with Crippen LogP contribution in [0.5, 0.6) is 0 Å². The third-order valence-electron chi connectivity index (χ3n) is 2.61. The molecule has 2 N–H and O–H groups in total. The van der Waals surface area contributed by atoms with E-state index < -0.39 is 5.60 Å². The van der Waals surface area contributed by atoms with Crippen LogP contribution in [0.2, 0.25) is 0 Å². The maximum atomic E-state index is 10.2. The fourth-order valence-corrected chi connectivity index (χ4v) is 1.64. The predicted octanol–water partition coefficient (Wildman–Crippen LogP) is 0.203. The molecule has 1 aromatic rings. The van der Waals surface area contributed by atoms with Crippen molar-refractivity contribution in [2.75, 3.05) is 13.1 Å². The molecular formula is C9H15N3O2. The van der Waals surface area contributed by atoms with Gasteiger partial charge in [0.15, 0.2) is 5.82 Å². The maximum Gasteiger partial charge on any atom is 0.258 e. The summed E-state index contributed by atoms with van der Waals surface area (Å²) in [6.45, 7) is 3.54. The summed E-state index contributed by atoms with van der Waals surface area (Å²) in [5, 5.41) is 17.2. The lowest BCUT2D eigenvalue weighted by molar-refractivity contribution is -0.0228. The minimum atomic E-state index is -0.911. The van der Waals surface area contributed by atoms with Gasteiger partial charge in [0, 0.05) is 6.42 Å². The predicted molar refractivity (Wildman–Crippen MR) is 49.7 cm³/mol. The van der Waals surface area contributed by atoms with Crippen LogP contribution in [0, 0.1) is 0 Å². The number of rotatable bonds is 2. The van der Waals surface area contributed by atoms with E-state index in [1.165, 1.54) is 0 Å².